The van der Waals surface area contributed by atoms with Crippen molar-refractivity contribution in [2.45, 2.75) is 40.5 Å². The quantitative estimate of drug-likeness (QED) is 0.799. The summed E-state index contributed by atoms with van der Waals surface area (Å²) >= 11 is 0. The van der Waals surface area contributed by atoms with Crippen LogP contribution in [0.3, 0.4) is 0 Å². The molecular weight excluding hydrogens is 238 g/mol. The van der Waals surface area contributed by atoms with Crippen LogP contribution in [0.4, 0.5) is 5.69 Å². The van der Waals surface area contributed by atoms with Crippen molar-refractivity contribution in [1.29, 1.82) is 0 Å². The Morgan fingerprint density at radius 3 is 2.16 bits per heavy atom. The van der Waals surface area contributed by atoms with Gasteiger partial charge in [0, 0.05) is 12.2 Å². The van der Waals surface area contributed by atoms with E-state index in [1.165, 1.54) is 23.9 Å². The van der Waals surface area contributed by atoms with E-state index in [2.05, 4.69) is 37.4 Å². The summed E-state index contributed by atoms with van der Waals surface area (Å²) in [5.74, 6) is -0.188. The van der Waals surface area contributed by atoms with Crippen molar-refractivity contribution < 1.29 is 9.53 Å². The van der Waals surface area contributed by atoms with Crippen LogP contribution in [-0.4, -0.2) is 19.6 Å². The van der Waals surface area contributed by atoms with Gasteiger partial charge in [0.05, 0.1) is 12.5 Å². The number of benzene rings is 1. The van der Waals surface area contributed by atoms with Crippen molar-refractivity contribution in [1.82, 2.24) is 0 Å². The first kappa shape index (κ1) is 15.5. The summed E-state index contributed by atoms with van der Waals surface area (Å²) in [6, 6.07) is 6.35. The first-order valence-electron chi connectivity index (χ1n) is 6.89. The van der Waals surface area contributed by atoms with Gasteiger partial charge in [-0.05, 0) is 37.8 Å². The standard InChI is InChI=1S/C16H25NO2/c1-6-12-9-8-10-13(7-2)14(12)17-11-16(3,4)15(18)19-5/h8-10,17H,6-7,11H2,1-5H3. The van der Waals surface area contributed by atoms with Crippen molar-refractivity contribution in [3.8, 4) is 0 Å². The van der Waals surface area contributed by atoms with E-state index in [-0.39, 0.29) is 5.97 Å². The van der Waals surface area contributed by atoms with Crippen molar-refractivity contribution in [3.63, 3.8) is 0 Å². The molecule has 0 radical (unpaired) electrons. The fourth-order valence-corrected chi connectivity index (χ4v) is 2.13. The van der Waals surface area contributed by atoms with Crippen LogP contribution in [0, 0.1) is 5.41 Å². The van der Waals surface area contributed by atoms with Gasteiger partial charge in [0.2, 0.25) is 0 Å². The lowest BCUT2D eigenvalue weighted by Crippen LogP contribution is -2.33. The van der Waals surface area contributed by atoms with Crippen molar-refractivity contribution in [2.75, 3.05) is 19.0 Å². The molecule has 1 N–H and O–H groups in total. The molecule has 0 atom stereocenters. The Hall–Kier alpha value is -1.51. The van der Waals surface area contributed by atoms with Gasteiger partial charge in [-0.15, -0.1) is 0 Å². The molecule has 0 unspecified atom stereocenters. The third kappa shape index (κ3) is 3.72. The number of carbonyl (C=O) groups is 1. The molecule has 0 heterocycles. The topological polar surface area (TPSA) is 38.3 Å². The molecule has 0 saturated heterocycles. The zero-order valence-corrected chi connectivity index (χ0v) is 12.7. The van der Waals surface area contributed by atoms with Crippen LogP contribution >= 0.6 is 0 Å². The van der Waals surface area contributed by atoms with Gasteiger partial charge in [-0.1, -0.05) is 32.0 Å². The highest BCUT2D eigenvalue weighted by Gasteiger charge is 2.28. The molecule has 0 aliphatic rings. The maximum absolute atomic E-state index is 11.7. The van der Waals surface area contributed by atoms with E-state index in [9.17, 15) is 4.79 Å². The largest absolute Gasteiger partial charge is 0.469 e. The van der Waals surface area contributed by atoms with Crippen LogP contribution in [0.2, 0.25) is 0 Å². The van der Waals surface area contributed by atoms with Crippen LogP contribution in [0.5, 0.6) is 0 Å². The Labute approximate surface area is 116 Å². The summed E-state index contributed by atoms with van der Waals surface area (Å²) in [7, 11) is 1.43. The molecule has 0 fully saturated rings. The predicted molar refractivity (Wildman–Crippen MR) is 79.5 cm³/mol. The van der Waals surface area contributed by atoms with Gasteiger partial charge in [-0.25, -0.2) is 0 Å². The van der Waals surface area contributed by atoms with Crippen LogP contribution < -0.4 is 5.32 Å². The molecule has 0 spiro atoms. The van der Waals surface area contributed by atoms with E-state index in [0.717, 1.165) is 12.8 Å². The van der Waals surface area contributed by atoms with E-state index in [1.54, 1.807) is 0 Å². The Kier molecular flexibility index (Phi) is 5.40. The number of para-hydroxylation sites is 1. The average Bonchev–Trinajstić information content (AvgIpc) is 2.43. The molecular formula is C16H25NO2. The third-order valence-electron chi connectivity index (χ3n) is 3.44. The smallest absolute Gasteiger partial charge is 0.313 e. The minimum atomic E-state index is -0.527. The van der Waals surface area contributed by atoms with Crippen molar-refractivity contribution >= 4 is 11.7 Å². The molecule has 3 nitrogen and oxygen atoms in total. The Morgan fingerprint density at radius 1 is 1.21 bits per heavy atom. The number of methoxy groups -OCH3 is 1. The lowest BCUT2D eigenvalue weighted by molar-refractivity contribution is -0.149. The molecule has 1 rings (SSSR count). The van der Waals surface area contributed by atoms with E-state index in [1.807, 2.05) is 13.8 Å². The second-order valence-electron chi connectivity index (χ2n) is 5.39. The summed E-state index contributed by atoms with van der Waals surface area (Å²) in [4.78, 5) is 11.7. The normalized spacial score (nSPS) is 11.2. The minimum Gasteiger partial charge on any atom is -0.469 e. The molecule has 106 valence electrons. The number of rotatable bonds is 6. The van der Waals surface area contributed by atoms with Gasteiger partial charge in [-0.3, -0.25) is 4.79 Å². The predicted octanol–water partition coefficient (Wildman–Crippen LogP) is 3.42. The molecule has 3 heteroatoms. The second-order valence-corrected chi connectivity index (χ2v) is 5.39. The average molecular weight is 263 g/mol. The zero-order chi connectivity index (χ0) is 14.5. The highest BCUT2D eigenvalue weighted by Crippen LogP contribution is 2.25. The van der Waals surface area contributed by atoms with Crippen molar-refractivity contribution in [2.24, 2.45) is 5.41 Å². The summed E-state index contributed by atoms with van der Waals surface area (Å²) in [5, 5.41) is 3.44. The fourth-order valence-electron chi connectivity index (χ4n) is 2.13. The monoisotopic (exact) mass is 263 g/mol. The van der Waals surface area contributed by atoms with Crippen molar-refractivity contribution in [3.05, 3.63) is 29.3 Å². The molecule has 0 aromatic heterocycles. The molecule has 0 aliphatic carbocycles. The maximum Gasteiger partial charge on any atom is 0.313 e. The second kappa shape index (κ2) is 6.60. The first-order valence-corrected chi connectivity index (χ1v) is 6.89. The Morgan fingerprint density at radius 2 is 1.74 bits per heavy atom. The number of aryl methyl sites for hydroxylation is 2. The van der Waals surface area contributed by atoms with Crippen LogP contribution in [0.25, 0.3) is 0 Å². The molecule has 0 bridgehead atoms. The van der Waals surface area contributed by atoms with Gasteiger partial charge in [0.15, 0.2) is 0 Å². The molecule has 0 amide bonds. The van der Waals surface area contributed by atoms with Gasteiger partial charge in [0.1, 0.15) is 0 Å². The molecule has 1 aromatic carbocycles. The van der Waals surface area contributed by atoms with Crippen LogP contribution in [-0.2, 0) is 22.4 Å². The van der Waals surface area contributed by atoms with Crippen LogP contribution in [0.15, 0.2) is 18.2 Å². The number of anilines is 1. The number of hydrogen-bond acceptors (Lipinski definition) is 3. The summed E-state index contributed by atoms with van der Waals surface area (Å²) < 4.78 is 4.84. The van der Waals surface area contributed by atoms with E-state index >= 15 is 0 Å². The van der Waals surface area contributed by atoms with Gasteiger partial charge >= 0.3 is 5.97 Å². The Balaban J connectivity index is 2.91. The van der Waals surface area contributed by atoms with Gasteiger partial charge in [-0.2, -0.15) is 0 Å². The van der Waals surface area contributed by atoms with Crippen LogP contribution in [0.1, 0.15) is 38.8 Å². The number of esters is 1. The molecule has 19 heavy (non-hydrogen) atoms. The highest BCUT2D eigenvalue weighted by molar-refractivity contribution is 5.76. The minimum absolute atomic E-state index is 0.188. The van der Waals surface area contributed by atoms with E-state index in [4.69, 9.17) is 4.74 Å². The lowest BCUT2D eigenvalue weighted by Gasteiger charge is -2.24. The summed E-state index contributed by atoms with van der Waals surface area (Å²) in [6.07, 6.45) is 1.96. The number of hydrogen-bond donors (Lipinski definition) is 1. The summed E-state index contributed by atoms with van der Waals surface area (Å²) in [5.41, 5.74) is 3.23. The number of carbonyl (C=O) groups excluding carboxylic acids is 1. The first-order chi connectivity index (χ1) is 8.96. The lowest BCUT2D eigenvalue weighted by atomic mass is 9.93. The third-order valence-corrected chi connectivity index (χ3v) is 3.44. The van der Waals surface area contributed by atoms with E-state index in [0.29, 0.717) is 6.54 Å². The maximum atomic E-state index is 11.7. The zero-order valence-electron chi connectivity index (χ0n) is 12.7. The molecule has 0 saturated carbocycles. The highest BCUT2D eigenvalue weighted by atomic mass is 16.5. The number of nitrogens with one attached hydrogen (secondary N) is 1. The van der Waals surface area contributed by atoms with E-state index < -0.39 is 5.41 Å². The fraction of sp³-hybridized carbons (Fsp3) is 0.562. The number of ether oxygens (including phenoxy) is 1. The van der Waals surface area contributed by atoms with Gasteiger partial charge < -0.3 is 10.1 Å². The van der Waals surface area contributed by atoms with Gasteiger partial charge in [0.25, 0.3) is 0 Å². The molecule has 0 aliphatic heterocycles. The Bertz CT molecular complexity index is 416. The SMILES string of the molecule is CCc1cccc(CC)c1NCC(C)(C)C(=O)OC. The summed E-state index contributed by atoms with van der Waals surface area (Å²) in [6.45, 7) is 8.65. The molecule has 1 aromatic rings.